The Labute approximate surface area is 241 Å². The summed E-state index contributed by atoms with van der Waals surface area (Å²) in [5.41, 5.74) is 5.00. The first kappa shape index (κ1) is 25.6. The van der Waals surface area contributed by atoms with Gasteiger partial charge in [-0.05, 0) is 29.7 Å². The number of thiophene rings is 1. The Morgan fingerprint density at radius 1 is 0.902 bits per heavy atom. The average Bonchev–Trinajstić information content (AvgIpc) is 3.54. The van der Waals surface area contributed by atoms with Crippen molar-refractivity contribution in [3.63, 3.8) is 0 Å². The fourth-order valence-electron chi connectivity index (χ4n) is 5.90. The Bertz CT molecular complexity index is 1680. The van der Waals surface area contributed by atoms with Crippen LogP contribution in [-0.4, -0.2) is 75.5 Å². The van der Waals surface area contributed by atoms with E-state index in [1.807, 2.05) is 25.1 Å². The van der Waals surface area contributed by atoms with Crippen LogP contribution in [0, 0.1) is 6.92 Å². The molecular formula is C30H29N7O3S. The molecule has 0 aliphatic carbocycles. The second-order valence-electron chi connectivity index (χ2n) is 10.6. The van der Waals surface area contributed by atoms with Gasteiger partial charge in [0.2, 0.25) is 5.91 Å². The zero-order valence-corrected chi connectivity index (χ0v) is 23.5. The van der Waals surface area contributed by atoms with E-state index in [0.717, 1.165) is 65.7 Å². The first-order valence-electron chi connectivity index (χ1n) is 13.8. The summed E-state index contributed by atoms with van der Waals surface area (Å²) in [4.78, 5) is 52.3. The molecular weight excluding hydrogens is 538 g/mol. The minimum Gasteiger partial charge on any atom is -0.353 e. The van der Waals surface area contributed by atoms with Crippen LogP contribution in [0.2, 0.25) is 0 Å². The molecule has 2 aromatic heterocycles. The number of nitrogens with zero attached hydrogens (tertiary/aromatic N) is 6. The van der Waals surface area contributed by atoms with Gasteiger partial charge in [0, 0.05) is 55.7 Å². The summed E-state index contributed by atoms with van der Waals surface area (Å²) in [6, 6.07) is 15.8. The van der Waals surface area contributed by atoms with Crippen LogP contribution in [0.4, 0.5) is 10.6 Å². The van der Waals surface area contributed by atoms with Crippen molar-refractivity contribution in [2.75, 3.05) is 37.6 Å². The number of aromatic nitrogens is 2. The largest absolute Gasteiger partial charge is 0.353 e. The summed E-state index contributed by atoms with van der Waals surface area (Å²) < 4.78 is 0. The lowest BCUT2D eigenvalue weighted by molar-refractivity contribution is -0.123. The molecule has 7 rings (SSSR count). The van der Waals surface area contributed by atoms with Crippen LogP contribution >= 0.6 is 11.3 Å². The highest BCUT2D eigenvalue weighted by Crippen LogP contribution is 2.38. The number of carbonyl (C=O) groups excluding carboxylic acids is 3. The molecule has 208 valence electrons. The highest BCUT2D eigenvalue weighted by atomic mass is 32.1. The number of anilines is 1. The van der Waals surface area contributed by atoms with Gasteiger partial charge in [0.15, 0.2) is 0 Å². The van der Waals surface area contributed by atoms with Gasteiger partial charge in [-0.3, -0.25) is 19.8 Å². The third-order valence-corrected chi connectivity index (χ3v) is 8.84. The van der Waals surface area contributed by atoms with Gasteiger partial charge in [0.25, 0.3) is 5.91 Å². The molecule has 0 saturated carbocycles. The number of carbonyl (C=O) groups is 3. The number of hydrogen-bond acceptors (Lipinski definition) is 8. The molecule has 10 nitrogen and oxygen atoms in total. The quantitative estimate of drug-likeness (QED) is 0.391. The number of nitrogens with one attached hydrogen (secondary N) is 1. The van der Waals surface area contributed by atoms with Gasteiger partial charge in [0.05, 0.1) is 18.5 Å². The van der Waals surface area contributed by atoms with Crippen LogP contribution in [0.3, 0.4) is 0 Å². The summed E-state index contributed by atoms with van der Waals surface area (Å²) in [5, 5.41) is 8.38. The zero-order chi connectivity index (χ0) is 28.1. The molecule has 2 aromatic carbocycles. The Morgan fingerprint density at radius 2 is 1.71 bits per heavy atom. The lowest BCUT2D eigenvalue weighted by Gasteiger charge is -2.36. The molecule has 2 fully saturated rings. The van der Waals surface area contributed by atoms with E-state index in [1.54, 1.807) is 11.3 Å². The third-order valence-electron chi connectivity index (χ3n) is 7.97. The number of urea groups is 1. The minimum atomic E-state index is -0.546. The van der Waals surface area contributed by atoms with E-state index in [9.17, 15) is 14.4 Å². The fourth-order valence-corrected chi connectivity index (χ4v) is 6.89. The van der Waals surface area contributed by atoms with Crippen LogP contribution in [0.15, 0.2) is 53.9 Å². The number of fused-ring (bicyclic) bond motifs is 2. The predicted octanol–water partition coefficient (Wildman–Crippen LogP) is 3.80. The molecule has 4 amide bonds. The van der Waals surface area contributed by atoms with Crippen molar-refractivity contribution >= 4 is 45.2 Å². The molecule has 3 aliphatic rings. The minimum absolute atomic E-state index is 0.184. The van der Waals surface area contributed by atoms with Gasteiger partial charge in [-0.25, -0.2) is 24.8 Å². The molecule has 0 spiro atoms. The molecule has 0 bridgehead atoms. The molecule has 5 heterocycles. The molecule has 0 radical (unpaired) electrons. The molecule has 2 saturated heterocycles. The molecule has 11 heteroatoms. The van der Waals surface area contributed by atoms with Crippen molar-refractivity contribution in [3.8, 4) is 11.1 Å². The highest BCUT2D eigenvalue weighted by molar-refractivity contribution is 7.17. The summed E-state index contributed by atoms with van der Waals surface area (Å²) in [6.45, 7) is 6.75. The van der Waals surface area contributed by atoms with Crippen LogP contribution in [0.25, 0.3) is 21.3 Å². The second-order valence-corrected chi connectivity index (χ2v) is 11.5. The van der Waals surface area contributed by atoms with Crippen molar-refractivity contribution in [1.82, 2.24) is 30.2 Å². The van der Waals surface area contributed by atoms with Gasteiger partial charge in [-0.1, -0.05) is 42.5 Å². The Hall–Kier alpha value is -4.35. The number of piperazine rings is 1. The number of aryl methyl sites for hydroxylation is 1. The number of hydrogen-bond donors (Lipinski definition) is 1. The molecule has 4 aromatic rings. The number of imide groups is 1. The van der Waals surface area contributed by atoms with E-state index in [-0.39, 0.29) is 24.8 Å². The summed E-state index contributed by atoms with van der Waals surface area (Å²) >= 11 is 1.67. The monoisotopic (exact) mass is 567 g/mol. The number of hydrazine groups is 1. The van der Waals surface area contributed by atoms with Crippen LogP contribution in [-0.2, 0) is 17.9 Å². The number of rotatable bonds is 5. The lowest BCUT2D eigenvalue weighted by atomic mass is 10.1. The standard InChI is InChI=1S/C30H29N7O3S/c1-19-31-27(26-24(18-41-28(26)32-19)21-5-3-2-4-6-21)35-13-11-34(12-14-35)16-20-7-8-23-22(15-20)17-37(29(23)39)36-10-9-25(38)33-30(36)40/h2-8,15,18H,9-14,16-17H2,1H3,(H,33,38,40). The molecule has 1 N–H and O–H groups in total. The van der Waals surface area contributed by atoms with E-state index in [2.05, 4.69) is 50.8 Å². The predicted molar refractivity (Wildman–Crippen MR) is 156 cm³/mol. The maximum absolute atomic E-state index is 13.0. The van der Waals surface area contributed by atoms with Crippen LogP contribution in [0.5, 0.6) is 0 Å². The summed E-state index contributed by atoms with van der Waals surface area (Å²) in [7, 11) is 0. The molecule has 3 aliphatic heterocycles. The highest BCUT2D eigenvalue weighted by Gasteiger charge is 2.37. The van der Waals surface area contributed by atoms with Crippen LogP contribution < -0.4 is 10.2 Å². The fraction of sp³-hybridized carbons (Fsp3) is 0.300. The Balaban J connectivity index is 1.05. The van der Waals surface area contributed by atoms with E-state index >= 15 is 0 Å². The van der Waals surface area contributed by atoms with Gasteiger partial charge >= 0.3 is 6.03 Å². The maximum atomic E-state index is 13.0. The Kier molecular flexibility index (Phi) is 6.40. The second kappa shape index (κ2) is 10.2. The normalized spacial score (nSPS) is 17.9. The van der Waals surface area contributed by atoms with Crippen molar-refractivity contribution in [2.24, 2.45) is 0 Å². The topological polar surface area (TPSA) is 102 Å². The third kappa shape index (κ3) is 4.70. The van der Waals surface area contributed by atoms with Gasteiger partial charge < -0.3 is 4.90 Å². The van der Waals surface area contributed by atoms with Gasteiger partial charge in [-0.15, -0.1) is 11.3 Å². The van der Waals surface area contributed by atoms with E-state index in [4.69, 9.17) is 9.97 Å². The molecule has 41 heavy (non-hydrogen) atoms. The SMILES string of the molecule is Cc1nc(N2CCN(Cc3ccc4c(c3)CN(N3CCC(=O)NC3=O)C4=O)CC2)c2c(-c3ccccc3)csc2n1. The maximum Gasteiger partial charge on any atom is 0.342 e. The van der Waals surface area contributed by atoms with E-state index in [0.29, 0.717) is 12.1 Å². The van der Waals surface area contributed by atoms with Gasteiger partial charge in [0.1, 0.15) is 16.5 Å². The Morgan fingerprint density at radius 3 is 2.49 bits per heavy atom. The van der Waals surface area contributed by atoms with Crippen molar-refractivity contribution in [2.45, 2.75) is 26.4 Å². The van der Waals surface area contributed by atoms with Crippen molar-refractivity contribution < 1.29 is 14.4 Å². The first-order chi connectivity index (χ1) is 19.9. The molecule has 0 atom stereocenters. The van der Waals surface area contributed by atoms with E-state index < -0.39 is 6.03 Å². The van der Waals surface area contributed by atoms with Gasteiger partial charge in [-0.2, -0.15) is 0 Å². The lowest BCUT2D eigenvalue weighted by Crippen LogP contribution is -2.56. The smallest absolute Gasteiger partial charge is 0.342 e. The molecule has 0 unspecified atom stereocenters. The summed E-state index contributed by atoms with van der Waals surface area (Å²) in [5.74, 6) is 1.27. The van der Waals surface area contributed by atoms with Crippen molar-refractivity contribution in [1.29, 1.82) is 0 Å². The number of benzene rings is 2. The zero-order valence-electron chi connectivity index (χ0n) is 22.7. The average molecular weight is 568 g/mol. The summed E-state index contributed by atoms with van der Waals surface area (Å²) in [6.07, 6.45) is 0.184. The van der Waals surface area contributed by atoms with Crippen molar-refractivity contribution in [3.05, 3.63) is 76.4 Å². The van der Waals surface area contributed by atoms with E-state index in [1.165, 1.54) is 21.1 Å². The first-order valence-corrected chi connectivity index (χ1v) is 14.7. The number of amides is 4. The van der Waals surface area contributed by atoms with Crippen LogP contribution in [0.1, 0.15) is 33.7 Å².